The second-order valence-electron chi connectivity index (χ2n) is 4.82. The van der Waals surface area contributed by atoms with E-state index in [-0.39, 0.29) is 5.41 Å². The molecule has 0 saturated heterocycles. The molecule has 1 aromatic rings. The molecule has 0 aliphatic rings. The summed E-state index contributed by atoms with van der Waals surface area (Å²) in [5, 5.41) is 5.76. The van der Waals surface area contributed by atoms with Crippen LogP contribution in [0.15, 0.2) is 11.4 Å². The molecular weight excluding hydrogens is 190 g/mol. The van der Waals surface area contributed by atoms with E-state index in [1.165, 1.54) is 10.4 Å². The molecule has 1 rings (SSSR count). The van der Waals surface area contributed by atoms with Gasteiger partial charge in [-0.3, -0.25) is 0 Å². The van der Waals surface area contributed by atoms with Gasteiger partial charge in [-0.25, -0.2) is 0 Å². The van der Waals surface area contributed by atoms with Crippen LogP contribution in [0.1, 0.15) is 44.2 Å². The van der Waals surface area contributed by atoms with Crippen molar-refractivity contribution in [1.82, 2.24) is 5.32 Å². The van der Waals surface area contributed by atoms with E-state index in [2.05, 4.69) is 51.4 Å². The van der Waals surface area contributed by atoms with Gasteiger partial charge in [0.25, 0.3) is 0 Å². The van der Waals surface area contributed by atoms with Crippen LogP contribution in [0.2, 0.25) is 0 Å². The van der Waals surface area contributed by atoms with Gasteiger partial charge >= 0.3 is 0 Å². The Bertz CT molecular complexity index is 283. The summed E-state index contributed by atoms with van der Waals surface area (Å²) in [6.45, 7) is 12.3. The summed E-state index contributed by atoms with van der Waals surface area (Å²) >= 11 is 1.86. The highest BCUT2D eigenvalue weighted by Crippen LogP contribution is 2.36. The van der Waals surface area contributed by atoms with Crippen molar-refractivity contribution in [2.24, 2.45) is 5.41 Å². The van der Waals surface area contributed by atoms with Crippen LogP contribution in [-0.2, 0) is 0 Å². The quantitative estimate of drug-likeness (QED) is 0.803. The first-order chi connectivity index (χ1) is 6.46. The molecule has 1 N–H and O–H groups in total. The molecule has 80 valence electrons. The van der Waals surface area contributed by atoms with Gasteiger partial charge in [0, 0.05) is 10.9 Å². The minimum Gasteiger partial charge on any atom is -0.309 e. The Balaban J connectivity index is 2.95. The summed E-state index contributed by atoms with van der Waals surface area (Å²) in [5.74, 6) is 0. The molecule has 0 spiro atoms. The van der Waals surface area contributed by atoms with Crippen LogP contribution in [-0.4, -0.2) is 6.54 Å². The molecule has 14 heavy (non-hydrogen) atoms. The fraction of sp³-hybridized carbons (Fsp3) is 0.667. The number of hydrogen-bond acceptors (Lipinski definition) is 2. The van der Waals surface area contributed by atoms with E-state index in [1.54, 1.807) is 0 Å². The summed E-state index contributed by atoms with van der Waals surface area (Å²) in [6.07, 6.45) is 0. The third-order valence-electron chi connectivity index (χ3n) is 2.44. The van der Waals surface area contributed by atoms with E-state index >= 15 is 0 Å². The lowest BCUT2D eigenvalue weighted by atomic mass is 9.85. The standard InChI is InChI=1S/C12H21NS/c1-6-13-11(12(3,4)5)10-9(2)7-8-14-10/h7-8,11,13H,6H2,1-5H3. The van der Waals surface area contributed by atoms with Crippen molar-refractivity contribution in [3.8, 4) is 0 Å². The number of hydrogen-bond donors (Lipinski definition) is 1. The molecular formula is C12H21NS. The molecule has 0 amide bonds. The minimum absolute atomic E-state index is 0.283. The van der Waals surface area contributed by atoms with Crippen molar-refractivity contribution in [3.63, 3.8) is 0 Å². The summed E-state index contributed by atoms with van der Waals surface area (Å²) in [5.41, 5.74) is 1.70. The van der Waals surface area contributed by atoms with Gasteiger partial charge in [0.2, 0.25) is 0 Å². The van der Waals surface area contributed by atoms with Crippen LogP contribution in [0.5, 0.6) is 0 Å². The Labute approximate surface area is 91.5 Å². The number of thiophene rings is 1. The van der Waals surface area contributed by atoms with Crippen LogP contribution < -0.4 is 5.32 Å². The zero-order valence-corrected chi connectivity index (χ0v) is 10.7. The zero-order chi connectivity index (χ0) is 10.8. The highest BCUT2D eigenvalue weighted by atomic mass is 32.1. The Morgan fingerprint density at radius 2 is 2.07 bits per heavy atom. The van der Waals surface area contributed by atoms with Crippen molar-refractivity contribution in [2.45, 2.75) is 40.7 Å². The summed E-state index contributed by atoms with van der Waals surface area (Å²) in [6, 6.07) is 2.68. The van der Waals surface area contributed by atoms with E-state index in [0.717, 1.165) is 6.54 Å². The second-order valence-corrected chi connectivity index (χ2v) is 5.77. The molecule has 1 heterocycles. The third kappa shape index (κ3) is 2.58. The lowest BCUT2D eigenvalue weighted by molar-refractivity contribution is 0.280. The van der Waals surface area contributed by atoms with Crippen LogP contribution in [0.4, 0.5) is 0 Å². The predicted octanol–water partition coefficient (Wildman–Crippen LogP) is 3.75. The lowest BCUT2D eigenvalue weighted by Crippen LogP contribution is -2.31. The van der Waals surface area contributed by atoms with Crippen molar-refractivity contribution in [2.75, 3.05) is 6.54 Å². The molecule has 1 nitrogen and oxygen atoms in total. The molecule has 0 fully saturated rings. The predicted molar refractivity (Wildman–Crippen MR) is 64.9 cm³/mol. The SMILES string of the molecule is CCNC(c1sccc1C)C(C)(C)C. The molecule has 1 aromatic heterocycles. The summed E-state index contributed by atoms with van der Waals surface area (Å²) in [4.78, 5) is 1.49. The van der Waals surface area contributed by atoms with E-state index in [1.807, 2.05) is 11.3 Å². The first-order valence-electron chi connectivity index (χ1n) is 5.24. The lowest BCUT2D eigenvalue weighted by Gasteiger charge is -2.31. The van der Waals surface area contributed by atoms with Gasteiger partial charge < -0.3 is 5.32 Å². The maximum absolute atomic E-state index is 3.58. The van der Waals surface area contributed by atoms with Crippen molar-refractivity contribution >= 4 is 11.3 Å². The van der Waals surface area contributed by atoms with E-state index in [9.17, 15) is 0 Å². The Morgan fingerprint density at radius 3 is 2.43 bits per heavy atom. The molecule has 0 aromatic carbocycles. The van der Waals surface area contributed by atoms with Gasteiger partial charge in [0.15, 0.2) is 0 Å². The van der Waals surface area contributed by atoms with Gasteiger partial charge in [-0.2, -0.15) is 0 Å². The first kappa shape index (κ1) is 11.7. The van der Waals surface area contributed by atoms with Gasteiger partial charge in [-0.05, 0) is 35.9 Å². The van der Waals surface area contributed by atoms with Crippen LogP contribution in [0, 0.1) is 12.3 Å². The van der Waals surface area contributed by atoms with Crippen LogP contribution in [0.25, 0.3) is 0 Å². The number of rotatable bonds is 3. The molecule has 0 aliphatic heterocycles. The molecule has 0 bridgehead atoms. The topological polar surface area (TPSA) is 12.0 Å². The highest BCUT2D eigenvalue weighted by molar-refractivity contribution is 7.10. The van der Waals surface area contributed by atoms with E-state index < -0.39 is 0 Å². The van der Waals surface area contributed by atoms with E-state index in [4.69, 9.17) is 0 Å². The van der Waals surface area contributed by atoms with Gasteiger partial charge in [0.05, 0.1) is 0 Å². The van der Waals surface area contributed by atoms with Gasteiger partial charge in [0.1, 0.15) is 0 Å². The largest absolute Gasteiger partial charge is 0.309 e. The summed E-state index contributed by atoms with van der Waals surface area (Å²) < 4.78 is 0. The Morgan fingerprint density at radius 1 is 1.43 bits per heavy atom. The molecule has 0 radical (unpaired) electrons. The number of aryl methyl sites for hydroxylation is 1. The third-order valence-corrected chi connectivity index (χ3v) is 3.52. The first-order valence-corrected chi connectivity index (χ1v) is 6.12. The Hall–Kier alpha value is -0.340. The molecule has 1 atom stereocenters. The molecule has 0 saturated carbocycles. The summed E-state index contributed by atoms with van der Waals surface area (Å²) in [7, 11) is 0. The maximum atomic E-state index is 3.58. The van der Waals surface area contributed by atoms with Gasteiger partial charge in [-0.1, -0.05) is 27.7 Å². The smallest absolute Gasteiger partial charge is 0.0466 e. The van der Waals surface area contributed by atoms with Crippen molar-refractivity contribution < 1.29 is 0 Å². The fourth-order valence-corrected chi connectivity index (χ4v) is 2.92. The maximum Gasteiger partial charge on any atom is 0.0466 e. The Kier molecular flexibility index (Phi) is 3.73. The van der Waals surface area contributed by atoms with Gasteiger partial charge in [-0.15, -0.1) is 11.3 Å². The average Bonchev–Trinajstić information content (AvgIpc) is 2.45. The molecule has 2 heteroatoms. The fourth-order valence-electron chi connectivity index (χ4n) is 1.68. The van der Waals surface area contributed by atoms with E-state index in [0.29, 0.717) is 6.04 Å². The zero-order valence-electron chi connectivity index (χ0n) is 9.85. The average molecular weight is 211 g/mol. The molecule has 1 unspecified atom stereocenters. The number of nitrogens with one attached hydrogen (secondary N) is 1. The minimum atomic E-state index is 0.283. The van der Waals surface area contributed by atoms with Crippen LogP contribution in [0.3, 0.4) is 0 Å². The second kappa shape index (κ2) is 4.45. The normalized spacial score (nSPS) is 14.4. The highest BCUT2D eigenvalue weighted by Gasteiger charge is 2.27. The van der Waals surface area contributed by atoms with Crippen molar-refractivity contribution in [1.29, 1.82) is 0 Å². The monoisotopic (exact) mass is 211 g/mol. The van der Waals surface area contributed by atoms with Crippen LogP contribution >= 0.6 is 11.3 Å². The van der Waals surface area contributed by atoms with Crippen molar-refractivity contribution in [3.05, 3.63) is 21.9 Å². The molecule has 0 aliphatic carbocycles.